The Labute approximate surface area is 297 Å². The number of allylic oxidation sites excluding steroid dienone is 8. The van der Waals surface area contributed by atoms with Crippen LogP contribution in [0.2, 0.25) is 0 Å². The Balaban J connectivity index is 1.13. The van der Waals surface area contributed by atoms with Gasteiger partial charge in [-0.2, -0.15) is 0 Å². The molecule has 1 saturated carbocycles. The summed E-state index contributed by atoms with van der Waals surface area (Å²) in [7, 11) is 0. The number of carbonyl (C=O) groups is 6. The van der Waals surface area contributed by atoms with Gasteiger partial charge in [-0.25, -0.2) is 24.0 Å². The third-order valence-corrected chi connectivity index (χ3v) is 8.94. The van der Waals surface area contributed by atoms with Crippen molar-refractivity contribution in [2.24, 2.45) is 5.92 Å². The molecule has 52 heavy (non-hydrogen) atoms. The van der Waals surface area contributed by atoms with Gasteiger partial charge in [0.1, 0.15) is 22.6 Å². The molecular formula is C36H38O16. The van der Waals surface area contributed by atoms with Crippen LogP contribution in [0.5, 0.6) is 0 Å². The minimum Gasteiger partial charge on any atom is -0.480 e. The highest BCUT2D eigenvalue weighted by Gasteiger charge is 2.56. The molecule has 2 spiro atoms. The number of carbonyl (C=O) groups excluding carboxylic acids is 6. The summed E-state index contributed by atoms with van der Waals surface area (Å²) in [6.07, 6.45) is 11.8. The minimum absolute atomic E-state index is 0.133. The SMILES string of the molecule is CCC1(C)OC(=O)C(C=CC=CC=C2C(=O)OC3(CCC4(CC3)OC(=O)C(=CC=CC=CC3C(=O)OC(C)(CC)OC3O)C(=O)O4)OC2=O)=C(O)O1. The molecule has 0 bridgehead atoms. The lowest BCUT2D eigenvalue weighted by molar-refractivity contribution is -0.317. The molecule has 0 aromatic heterocycles. The van der Waals surface area contributed by atoms with Gasteiger partial charge >= 0.3 is 35.8 Å². The highest BCUT2D eigenvalue weighted by atomic mass is 16.8. The zero-order valence-corrected chi connectivity index (χ0v) is 28.8. The van der Waals surface area contributed by atoms with E-state index in [4.69, 9.17) is 37.9 Å². The van der Waals surface area contributed by atoms with Gasteiger partial charge in [-0.15, -0.1) is 0 Å². The first kappa shape index (κ1) is 37.8. The van der Waals surface area contributed by atoms with Crippen LogP contribution in [0.15, 0.2) is 83.4 Å². The standard InChI is InChI=1S/C36H38O16/c1-5-33(3)45-25(37)21(26(38)46-33)13-9-7-11-15-23-29(41)49-35(50-30(23)42)17-19-36(20-18-35)51-31(43)24(32(44)52-36)16-12-8-10-14-22-27(39)47-34(4,6-2)48-28(22)40/h7-16,21,25,37,39H,5-6,17-20H2,1-4H3. The third-order valence-electron chi connectivity index (χ3n) is 8.94. The van der Waals surface area contributed by atoms with E-state index >= 15 is 0 Å². The van der Waals surface area contributed by atoms with Crippen LogP contribution in [0, 0.1) is 5.92 Å². The summed E-state index contributed by atoms with van der Waals surface area (Å²) in [5.74, 6) is -12.8. The maximum Gasteiger partial charge on any atom is 0.348 e. The van der Waals surface area contributed by atoms with Gasteiger partial charge in [0.25, 0.3) is 23.3 Å². The van der Waals surface area contributed by atoms with Gasteiger partial charge in [-0.3, -0.25) is 4.79 Å². The highest BCUT2D eigenvalue weighted by molar-refractivity contribution is 6.16. The lowest BCUT2D eigenvalue weighted by Crippen LogP contribution is -2.56. The van der Waals surface area contributed by atoms with E-state index in [0.717, 1.165) is 12.2 Å². The predicted octanol–water partition coefficient (Wildman–Crippen LogP) is 3.33. The number of aliphatic hydroxyl groups excluding tert-OH is 2. The van der Waals surface area contributed by atoms with Gasteiger partial charge in [0.05, 0.1) is 0 Å². The van der Waals surface area contributed by atoms with E-state index < -0.39 is 88.3 Å². The van der Waals surface area contributed by atoms with E-state index in [0.29, 0.717) is 12.8 Å². The molecular weight excluding hydrogens is 688 g/mol. The summed E-state index contributed by atoms with van der Waals surface area (Å²) < 4.78 is 43.0. The zero-order valence-electron chi connectivity index (χ0n) is 28.8. The second-order valence-electron chi connectivity index (χ2n) is 12.7. The number of rotatable bonds is 8. The molecule has 0 amide bonds. The first-order valence-electron chi connectivity index (χ1n) is 16.5. The van der Waals surface area contributed by atoms with E-state index in [1.807, 2.05) is 0 Å². The van der Waals surface area contributed by atoms with Gasteiger partial charge in [0.15, 0.2) is 6.29 Å². The van der Waals surface area contributed by atoms with Crippen molar-refractivity contribution in [3.63, 3.8) is 0 Å². The average molecular weight is 727 g/mol. The third kappa shape index (κ3) is 8.02. The van der Waals surface area contributed by atoms with Crippen LogP contribution in [0.3, 0.4) is 0 Å². The normalized spacial score (nSPS) is 34.1. The van der Waals surface area contributed by atoms with Crippen LogP contribution in [-0.2, 0) is 66.7 Å². The van der Waals surface area contributed by atoms with Gasteiger partial charge in [0, 0.05) is 52.4 Å². The quantitative estimate of drug-likeness (QED) is 0.121. The van der Waals surface area contributed by atoms with Gasteiger partial charge in [-0.1, -0.05) is 56.4 Å². The van der Waals surface area contributed by atoms with Crippen molar-refractivity contribution in [1.82, 2.24) is 0 Å². The van der Waals surface area contributed by atoms with Crippen molar-refractivity contribution in [1.29, 1.82) is 0 Å². The van der Waals surface area contributed by atoms with Crippen LogP contribution in [0.1, 0.15) is 66.2 Å². The second kappa shape index (κ2) is 14.6. The molecule has 4 fully saturated rings. The van der Waals surface area contributed by atoms with Crippen LogP contribution < -0.4 is 0 Å². The molecule has 4 atom stereocenters. The fourth-order valence-electron chi connectivity index (χ4n) is 5.55. The monoisotopic (exact) mass is 726 g/mol. The molecule has 5 rings (SSSR count). The second-order valence-corrected chi connectivity index (χ2v) is 12.7. The molecule has 4 heterocycles. The molecule has 16 heteroatoms. The van der Waals surface area contributed by atoms with Crippen molar-refractivity contribution >= 4 is 35.8 Å². The summed E-state index contributed by atoms with van der Waals surface area (Å²) in [5, 5.41) is 20.2. The zero-order chi connectivity index (χ0) is 37.9. The maximum atomic E-state index is 12.8. The molecule has 0 radical (unpaired) electrons. The number of aliphatic hydroxyl groups is 2. The van der Waals surface area contributed by atoms with Crippen molar-refractivity contribution < 1.29 is 76.9 Å². The van der Waals surface area contributed by atoms with Gasteiger partial charge < -0.3 is 48.1 Å². The maximum absolute atomic E-state index is 12.8. The van der Waals surface area contributed by atoms with E-state index in [-0.39, 0.29) is 31.3 Å². The van der Waals surface area contributed by atoms with Crippen molar-refractivity contribution in [3.8, 4) is 0 Å². The highest BCUT2D eigenvalue weighted by Crippen LogP contribution is 2.45. The van der Waals surface area contributed by atoms with E-state index in [1.165, 1.54) is 55.5 Å². The fourth-order valence-corrected chi connectivity index (χ4v) is 5.55. The molecule has 1 aliphatic carbocycles. The molecule has 16 nitrogen and oxygen atoms in total. The van der Waals surface area contributed by atoms with Crippen molar-refractivity contribution in [3.05, 3.63) is 83.4 Å². The topological polar surface area (TPSA) is 217 Å². The Morgan fingerprint density at radius 2 is 1.10 bits per heavy atom. The number of hydrogen-bond donors (Lipinski definition) is 2. The lowest BCUT2D eigenvalue weighted by atomic mass is 9.87. The summed E-state index contributed by atoms with van der Waals surface area (Å²) in [5.41, 5.74) is -1.03. The molecule has 0 aromatic rings. The largest absolute Gasteiger partial charge is 0.480 e. The molecule has 5 aliphatic rings. The molecule has 278 valence electrons. The Hall–Kier alpha value is -5.48. The van der Waals surface area contributed by atoms with Crippen LogP contribution in [0.4, 0.5) is 0 Å². The first-order chi connectivity index (χ1) is 24.5. The Bertz CT molecular complexity index is 1710. The van der Waals surface area contributed by atoms with Crippen LogP contribution in [-0.4, -0.2) is 75.5 Å². The number of cyclic esters (lactones) is 2. The van der Waals surface area contributed by atoms with E-state index in [2.05, 4.69) is 0 Å². The average Bonchev–Trinajstić information content (AvgIpc) is 3.06. The Morgan fingerprint density at radius 3 is 1.54 bits per heavy atom. The fraction of sp³-hybridized carbons (Fsp3) is 0.444. The van der Waals surface area contributed by atoms with E-state index in [9.17, 15) is 39.0 Å². The summed E-state index contributed by atoms with van der Waals surface area (Å²) >= 11 is 0. The van der Waals surface area contributed by atoms with Crippen LogP contribution >= 0.6 is 0 Å². The smallest absolute Gasteiger partial charge is 0.348 e. The van der Waals surface area contributed by atoms with Crippen molar-refractivity contribution in [2.45, 2.75) is 95.7 Å². The summed E-state index contributed by atoms with van der Waals surface area (Å²) in [6.45, 7) is 6.51. The number of hydrogen-bond acceptors (Lipinski definition) is 16. The Morgan fingerprint density at radius 1 is 0.615 bits per heavy atom. The predicted molar refractivity (Wildman–Crippen MR) is 172 cm³/mol. The van der Waals surface area contributed by atoms with Gasteiger partial charge in [0.2, 0.25) is 5.79 Å². The molecule has 4 unspecified atom stereocenters. The molecule has 4 aliphatic heterocycles. The van der Waals surface area contributed by atoms with Gasteiger partial charge in [-0.05, 0) is 18.2 Å². The molecule has 2 N–H and O–H groups in total. The Kier molecular flexibility index (Phi) is 10.6. The summed E-state index contributed by atoms with van der Waals surface area (Å²) in [4.78, 5) is 75.6. The molecule has 0 aromatic carbocycles. The first-order valence-corrected chi connectivity index (χ1v) is 16.5. The number of esters is 6. The van der Waals surface area contributed by atoms with E-state index in [1.54, 1.807) is 20.8 Å². The molecule has 3 saturated heterocycles. The minimum atomic E-state index is -1.67. The summed E-state index contributed by atoms with van der Waals surface area (Å²) in [6, 6.07) is 0. The van der Waals surface area contributed by atoms with Crippen LogP contribution in [0.25, 0.3) is 0 Å². The van der Waals surface area contributed by atoms with Crippen molar-refractivity contribution in [2.75, 3.05) is 0 Å². The lowest BCUT2D eigenvalue weighted by Gasteiger charge is -2.45. The number of ether oxygens (including phenoxy) is 8.